The molecule has 10 heteroatoms. The van der Waals surface area contributed by atoms with Gasteiger partial charge in [0.05, 0.1) is 11.6 Å². The van der Waals surface area contributed by atoms with Gasteiger partial charge in [0.2, 0.25) is 29.5 Å². The van der Waals surface area contributed by atoms with Crippen LogP contribution in [0.4, 0.5) is 11.6 Å². The molecule has 2 aliphatic rings. The molecule has 0 bridgehead atoms. The highest BCUT2D eigenvalue weighted by molar-refractivity contribution is 7.15. The number of thiazole rings is 1. The summed E-state index contributed by atoms with van der Waals surface area (Å²) >= 11 is 1.46. The van der Waals surface area contributed by atoms with E-state index in [1.807, 2.05) is 12.3 Å². The number of hydrogen-bond acceptors (Lipinski definition) is 7. The van der Waals surface area contributed by atoms with Gasteiger partial charge in [-0.2, -0.15) is 4.98 Å². The topological polar surface area (TPSA) is 98.1 Å². The number of benzene rings is 1. The van der Waals surface area contributed by atoms with Crippen LogP contribution in [0.25, 0.3) is 4.96 Å². The Bertz CT molecular complexity index is 1070. The van der Waals surface area contributed by atoms with Crippen molar-refractivity contribution in [1.29, 1.82) is 0 Å². The van der Waals surface area contributed by atoms with Gasteiger partial charge in [-0.1, -0.05) is 0 Å². The zero-order chi connectivity index (χ0) is 18.5. The summed E-state index contributed by atoms with van der Waals surface area (Å²) in [6.07, 6.45) is 0.140. The molecule has 1 aromatic carbocycles. The van der Waals surface area contributed by atoms with Crippen molar-refractivity contribution in [2.45, 2.75) is 13.3 Å². The molecule has 27 heavy (non-hydrogen) atoms. The highest BCUT2D eigenvalue weighted by Gasteiger charge is 2.36. The van der Waals surface area contributed by atoms with E-state index in [1.54, 1.807) is 27.6 Å². The van der Waals surface area contributed by atoms with Crippen molar-refractivity contribution < 1.29 is 19.1 Å². The Hall–Kier alpha value is -3.14. The number of amides is 2. The van der Waals surface area contributed by atoms with Crippen LogP contribution in [0.3, 0.4) is 0 Å². The molecule has 138 valence electrons. The molecule has 2 aromatic heterocycles. The van der Waals surface area contributed by atoms with Gasteiger partial charge in [0.25, 0.3) is 0 Å². The Balaban J connectivity index is 1.31. The number of carbonyl (C=O) groups excluding carboxylic acids is 2. The summed E-state index contributed by atoms with van der Waals surface area (Å²) in [7, 11) is 0. The molecule has 0 saturated carbocycles. The van der Waals surface area contributed by atoms with Gasteiger partial charge in [-0.3, -0.25) is 14.9 Å². The molecule has 0 radical (unpaired) electrons. The van der Waals surface area contributed by atoms with E-state index in [1.165, 1.54) is 11.3 Å². The van der Waals surface area contributed by atoms with Crippen LogP contribution in [0.1, 0.15) is 12.1 Å². The van der Waals surface area contributed by atoms with E-state index in [2.05, 4.69) is 15.4 Å². The zero-order valence-corrected chi connectivity index (χ0v) is 15.2. The monoisotopic (exact) mass is 385 g/mol. The van der Waals surface area contributed by atoms with Crippen LogP contribution in [-0.2, 0) is 9.59 Å². The van der Waals surface area contributed by atoms with E-state index in [4.69, 9.17) is 9.47 Å². The van der Waals surface area contributed by atoms with Crippen molar-refractivity contribution in [2.24, 2.45) is 5.92 Å². The van der Waals surface area contributed by atoms with Gasteiger partial charge in [-0.05, 0) is 19.1 Å². The number of hydrogen-bond donors (Lipinski definition) is 1. The lowest BCUT2D eigenvalue weighted by molar-refractivity contribution is -0.122. The summed E-state index contributed by atoms with van der Waals surface area (Å²) in [5.74, 6) is 0.673. The van der Waals surface area contributed by atoms with Crippen LogP contribution >= 0.6 is 11.3 Å². The molecule has 1 fully saturated rings. The highest BCUT2D eigenvalue weighted by atomic mass is 32.1. The van der Waals surface area contributed by atoms with Crippen LogP contribution < -0.4 is 19.7 Å². The van der Waals surface area contributed by atoms with Crippen LogP contribution in [0.5, 0.6) is 11.5 Å². The van der Waals surface area contributed by atoms with Crippen LogP contribution in [0.15, 0.2) is 23.6 Å². The van der Waals surface area contributed by atoms with E-state index in [0.717, 1.165) is 5.69 Å². The number of nitrogens with one attached hydrogen (secondary N) is 1. The molecule has 1 N–H and O–H groups in total. The first-order chi connectivity index (χ1) is 13.1. The maximum absolute atomic E-state index is 12.6. The van der Waals surface area contributed by atoms with Crippen molar-refractivity contribution in [3.05, 3.63) is 29.3 Å². The largest absolute Gasteiger partial charge is 0.454 e. The molecule has 9 nitrogen and oxygen atoms in total. The summed E-state index contributed by atoms with van der Waals surface area (Å²) < 4.78 is 12.3. The first-order valence-corrected chi connectivity index (χ1v) is 9.28. The molecule has 2 aliphatic heterocycles. The zero-order valence-electron chi connectivity index (χ0n) is 14.3. The number of ether oxygens (including phenoxy) is 2. The maximum atomic E-state index is 12.6. The predicted octanol–water partition coefficient (Wildman–Crippen LogP) is 1.82. The molecular formula is C17H15N5O4S. The summed E-state index contributed by atoms with van der Waals surface area (Å²) in [5.41, 5.74) is 1.64. The first kappa shape index (κ1) is 16.1. The Labute approximate surface area is 157 Å². The number of nitrogens with zero attached hydrogens (tertiary/aromatic N) is 4. The summed E-state index contributed by atoms with van der Waals surface area (Å²) in [6, 6.07) is 5.32. The van der Waals surface area contributed by atoms with Crippen molar-refractivity contribution in [3.63, 3.8) is 0 Å². The van der Waals surface area contributed by atoms with Crippen LogP contribution in [-0.4, -0.2) is 39.8 Å². The molecule has 5 rings (SSSR count). The molecule has 0 spiro atoms. The lowest BCUT2D eigenvalue weighted by atomic mass is 10.1. The van der Waals surface area contributed by atoms with Crippen molar-refractivity contribution >= 4 is 39.7 Å². The molecule has 1 unspecified atom stereocenters. The lowest BCUT2D eigenvalue weighted by Gasteiger charge is -2.16. The van der Waals surface area contributed by atoms with Crippen molar-refractivity contribution in [3.8, 4) is 11.5 Å². The number of anilines is 2. The second kappa shape index (κ2) is 5.95. The average molecular weight is 385 g/mol. The second-order valence-corrected chi connectivity index (χ2v) is 7.28. The van der Waals surface area contributed by atoms with Gasteiger partial charge in [0.15, 0.2) is 11.5 Å². The minimum atomic E-state index is -0.467. The molecule has 2 amide bonds. The summed E-state index contributed by atoms with van der Waals surface area (Å²) in [6.45, 7) is 2.39. The van der Waals surface area contributed by atoms with E-state index in [-0.39, 0.29) is 31.0 Å². The predicted molar refractivity (Wildman–Crippen MR) is 97.3 cm³/mol. The van der Waals surface area contributed by atoms with E-state index in [9.17, 15) is 9.59 Å². The smallest absolute Gasteiger partial charge is 0.250 e. The Morgan fingerprint density at radius 3 is 3.04 bits per heavy atom. The molecule has 3 aromatic rings. The van der Waals surface area contributed by atoms with Crippen molar-refractivity contribution in [1.82, 2.24) is 14.6 Å². The highest BCUT2D eigenvalue weighted by Crippen LogP contribution is 2.37. The van der Waals surface area contributed by atoms with Crippen molar-refractivity contribution in [2.75, 3.05) is 23.6 Å². The number of carbonyl (C=O) groups is 2. The van der Waals surface area contributed by atoms with Gasteiger partial charge in [-0.15, -0.1) is 16.4 Å². The van der Waals surface area contributed by atoms with Gasteiger partial charge < -0.3 is 14.4 Å². The fourth-order valence-electron chi connectivity index (χ4n) is 3.24. The van der Waals surface area contributed by atoms with Crippen LogP contribution in [0.2, 0.25) is 0 Å². The quantitative estimate of drug-likeness (QED) is 0.739. The van der Waals surface area contributed by atoms with E-state index in [0.29, 0.717) is 28.7 Å². The normalized spacial score (nSPS) is 18.5. The Morgan fingerprint density at radius 2 is 2.19 bits per heavy atom. The summed E-state index contributed by atoms with van der Waals surface area (Å²) in [5, 5.41) is 8.94. The molecule has 1 saturated heterocycles. The third kappa shape index (κ3) is 2.69. The molecule has 4 heterocycles. The first-order valence-electron chi connectivity index (χ1n) is 8.40. The van der Waals surface area contributed by atoms with Gasteiger partial charge in [-0.25, -0.2) is 4.52 Å². The number of rotatable bonds is 3. The number of aryl methyl sites for hydroxylation is 1. The fraction of sp³-hybridized carbons (Fsp3) is 0.294. The third-order valence-electron chi connectivity index (χ3n) is 4.65. The van der Waals surface area contributed by atoms with Gasteiger partial charge >= 0.3 is 0 Å². The minimum absolute atomic E-state index is 0.108. The van der Waals surface area contributed by atoms with Gasteiger partial charge in [0, 0.05) is 30.1 Å². The van der Waals surface area contributed by atoms with Crippen LogP contribution in [0, 0.1) is 12.8 Å². The van der Waals surface area contributed by atoms with Gasteiger partial charge in [0.1, 0.15) is 0 Å². The third-order valence-corrected chi connectivity index (χ3v) is 5.58. The molecular weight excluding hydrogens is 370 g/mol. The molecule has 0 aliphatic carbocycles. The second-order valence-electron chi connectivity index (χ2n) is 6.44. The Kier molecular flexibility index (Phi) is 3.54. The lowest BCUT2D eigenvalue weighted by Crippen LogP contribution is -2.28. The van der Waals surface area contributed by atoms with E-state index < -0.39 is 5.92 Å². The molecule has 1 atom stereocenters. The standard InChI is InChI=1S/C17H15N5O4S/c1-9-7-27-17-19-16(20-22(9)17)18-15(24)10-4-14(23)21(6-10)11-2-3-12-13(5-11)26-8-25-12/h2-3,5,7,10H,4,6,8H2,1H3,(H,18,20,24). The SMILES string of the molecule is Cc1csc2nc(NC(=O)C3CC(=O)N(c4ccc5c(c4)OCO5)C3)nn12. The fourth-order valence-corrected chi connectivity index (χ4v) is 4.04. The summed E-state index contributed by atoms with van der Waals surface area (Å²) in [4.78, 5) is 31.6. The number of aromatic nitrogens is 3. The Morgan fingerprint density at radius 1 is 1.33 bits per heavy atom. The number of fused-ring (bicyclic) bond motifs is 2. The maximum Gasteiger partial charge on any atom is 0.250 e. The van der Waals surface area contributed by atoms with E-state index >= 15 is 0 Å². The minimum Gasteiger partial charge on any atom is -0.454 e. The average Bonchev–Trinajstić information content (AvgIpc) is 3.40.